The van der Waals surface area contributed by atoms with E-state index in [0.29, 0.717) is 6.04 Å². The van der Waals surface area contributed by atoms with Crippen LogP contribution in [0.1, 0.15) is 17.7 Å². The lowest BCUT2D eigenvalue weighted by atomic mass is 10.1. The second-order valence-corrected chi connectivity index (χ2v) is 5.90. The van der Waals surface area contributed by atoms with Crippen LogP contribution in [0, 0.1) is 6.92 Å². The Hall–Kier alpha value is -0.580. The van der Waals surface area contributed by atoms with E-state index >= 15 is 0 Å². The van der Waals surface area contributed by atoms with E-state index in [-0.39, 0.29) is 24.8 Å². The number of para-hydroxylation sites is 1. The van der Waals surface area contributed by atoms with Crippen molar-refractivity contribution in [1.82, 2.24) is 15.2 Å². The number of fused-ring (bicyclic) bond motifs is 1. The van der Waals surface area contributed by atoms with E-state index in [2.05, 4.69) is 29.3 Å². The van der Waals surface area contributed by atoms with Gasteiger partial charge in [0.25, 0.3) is 0 Å². The van der Waals surface area contributed by atoms with Crippen molar-refractivity contribution in [2.24, 2.45) is 0 Å². The van der Waals surface area contributed by atoms with Crippen LogP contribution in [0.2, 0.25) is 5.02 Å². The molecule has 1 aliphatic heterocycles. The van der Waals surface area contributed by atoms with Crippen LogP contribution < -0.4 is 5.32 Å². The summed E-state index contributed by atoms with van der Waals surface area (Å²) in [6.07, 6.45) is 1.20. The first-order valence-electron chi connectivity index (χ1n) is 7.12. The number of likely N-dealkylation sites (N-methyl/N-ethyl adjacent to an activating group) is 1. The minimum absolute atomic E-state index is 0. The molecule has 1 aromatic heterocycles. The summed E-state index contributed by atoms with van der Waals surface area (Å²) in [5, 5.41) is 5.31. The van der Waals surface area contributed by atoms with Crippen LogP contribution in [0.25, 0.3) is 10.9 Å². The highest BCUT2D eigenvalue weighted by molar-refractivity contribution is 6.32. The maximum atomic E-state index is 6.52. The third kappa shape index (κ3) is 3.84. The van der Waals surface area contributed by atoms with Crippen molar-refractivity contribution < 1.29 is 0 Å². The van der Waals surface area contributed by atoms with Crippen molar-refractivity contribution >= 4 is 47.3 Å². The average molecular weight is 363 g/mol. The molecule has 3 rings (SSSR count). The molecule has 6 heteroatoms. The normalized spacial score (nSPS) is 18.0. The second-order valence-electron chi connectivity index (χ2n) is 5.52. The number of nitrogens with zero attached hydrogens (tertiary/aromatic N) is 2. The number of hydrogen-bond acceptors (Lipinski definition) is 3. The highest BCUT2D eigenvalue weighted by Crippen LogP contribution is 2.28. The van der Waals surface area contributed by atoms with E-state index in [9.17, 15) is 0 Å². The van der Waals surface area contributed by atoms with Crippen molar-refractivity contribution in [3.8, 4) is 0 Å². The van der Waals surface area contributed by atoms with Gasteiger partial charge < -0.3 is 5.32 Å². The molecule has 0 spiro atoms. The van der Waals surface area contributed by atoms with Gasteiger partial charge in [0.05, 0.1) is 16.2 Å². The fourth-order valence-electron chi connectivity index (χ4n) is 2.95. The molecule has 1 aromatic carbocycles. The van der Waals surface area contributed by atoms with E-state index < -0.39 is 0 Å². The number of pyridine rings is 1. The van der Waals surface area contributed by atoms with Crippen LogP contribution in [-0.4, -0.2) is 36.1 Å². The smallest absolute Gasteiger partial charge is 0.0740 e. The summed E-state index contributed by atoms with van der Waals surface area (Å²) < 4.78 is 0. The van der Waals surface area contributed by atoms with Gasteiger partial charge in [-0.25, -0.2) is 4.98 Å². The number of likely N-dealkylation sites (tertiary alicyclic amines) is 1. The fourth-order valence-corrected chi connectivity index (χ4v) is 3.15. The summed E-state index contributed by atoms with van der Waals surface area (Å²) in [6, 6.07) is 8.79. The van der Waals surface area contributed by atoms with E-state index in [0.717, 1.165) is 46.8 Å². The van der Waals surface area contributed by atoms with Gasteiger partial charge in [0.1, 0.15) is 0 Å². The zero-order valence-electron chi connectivity index (χ0n) is 12.8. The number of nitrogens with one attached hydrogen (secondary N) is 1. The van der Waals surface area contributed by atoms with Gasteiger partial charge in [-0.3, -0.25) is 4.90 Å². The molecule has 0 saturated carbocycles. The summed E-state index contributed by atoms with van der Waals surface area (Å²) in [7, 11) is 2.03. The summed E-state index contributed by atoms with van der Waals surface area (Å²) in [5.74, 6) is 0. The molecule has 2 heterocycles. The summed E-state index contributed by atoms with van der Waals surface area (Å²) in [6.45, 7) is 5.09. The Morgan fingerprint density at radius 2 is 2.05 bits per heavy atom. The van der Waals surface area contributed by atoms with E-state index in [1.165, 1.54) is 6.42 Å². The van der Waals surface area contributed by atoms with E-state index in [4.69, 9.17) is 16.6 Å². The van der Waals surface area contributed by atoms with Gasteiger partial charge in [-0.05, 0) is 32.0 Å². The molecule has 1 N–H and O–H groups in total. The Balaban J connectivity index is 0.00000121. The Kier molecular flexibility index (Phi) is 7.36. The van der Waals surface area contributed by atoms with E-state index in [1.54, 1.807) is 0 Å². The molecule has 22 heavy (non-hydrogen) atoms. The van der Waals surface area contributed by atoms with Gasteiger partial charge >= 0.3 is 0 Å². The average Bonchev–Trinajstić information content (AvgIpc) is 2.92. The van der Waals surface area contributed by atoms with Crippen molar-refractivity contribution in [2.45, 2.75) is 25.9 Å². The summed E-state index contributed by atoms with van der Waals surface area (Å²) in [4.78, 5) is 7.18. The molecule has 1 fully saturated rings. The third-order valence-corrected chi connectivity index (χ3v) is 4.70. The fraction of sp³-hybridized carbons (Fsp3) is 0.438. The molecule has 1 atom stereocenters. The van der Waals surface area contributed by atoms with Crippen molar-refractivity contribution in [3.05, 3.63) is 40.5 Å². The lowest BCUT2D eigenvalue weighted by Gasteiger charge is -2.17. The number of rotatable bonds is 3. The Bertz CT molecular complexity index is 633. The number of halogens is 3. The lowest BCUT2D eigenvalue weighted by Crippen LogP contribution is -2.29. The van der Waals surface area contributed by atoms with Crippen LogP contribution in [0.15, 0.2) is 24.3 Å². The first-order chi connectivity index (χ1) is 9.69. The van der Waals surface area contributed by atoms with Gasteiger partial charge in [0.2, 0.25) is 0 Å². The monoisotopic (exact) mass is 361 g/mol. The minimum atomic E-state index is 0. The minimum Gasteiger partial charge on any atom is -0.316 e. The predicted octanol–water partition coefficient (Wildman–Crippen LogP) is 3.83. The molecule has 122 valence electrons. The Labute approximate surface area is 149 Å². The Morgan fingerprint density at radius 1 is 1.32 bits per heavy atom. The Morgan fingerprint density at radius 3 is 2.73 bits per heavy atom. The first kappa shape index (κ1) is 19.5. The molecule has 0 amide bonds. The molecule has 0 bridgehead atoms. The first-order valence-corrected chi connectivity index (χ1v) is 7.50. The number of aryl methyl sites for hydroxylation is 1. The van der Waals surface area contributed by atoms with Crippen molar-refractivity contribution in [3.63, 3.8) is 0 Å². The number of aromatic nitrogens is 1. The highest BCUT2D eigenvalue weighted by Gasteiger charge is 2.22. The van der Waals surface area contributed by atoms with Gasteiger partial charge in [-0.2, -0.15) is 0 Å². The molecule has 3 nitrogen and oxygen atoms in total. The number of hydrogen-bond donors (Lipinski definition) is 1. The van der Waals surface area contributed by atoms with Crippen molar-refractivity contribution in [1.29, 1.82) is 0 Å². The molecular formula is C16H22Cl3N3. The highest BCUT2D eigenvalue weighted by atomic mass is 35.5. The van der Waals surface area contributed by atoms with Gasteiger partial charge in [-0.1, -0.05) is 29.8 Å². The van der Waals surface area contributed by atoms with Gasteiger partial charge in [-0.15, -0.1) is 24.8 Å². The van der Waals surface area contributed by atoms with Crippen LogP contribution in [0.4, 0.5) is 0 Å². The van der Waals surface area contributed by atoms with Crippen LogP contribution in [0.5, 0.6) is 0 Å². The standard InChI is InChI=1S/C16H20ClN3.2ClH/c1-11-13-5-3-4-6-14(13)19-15(16(11)17)10-20-8-7-12(9-20)18-2;;/h3-6,12,18H,7-10H2,1-2H3;2*1H. The van der Waals surface area contributed by atoms with Crippen LogP contribution >= 0.6 is 36.4 Å². The molecule has 1 unspecified atom stereocenters. The van der Waals surface area contributed by atoms with E-state index in [1.807, 2.05) is 19.2 Å². The van der Waals surface area contributed by atoms with Crippen molar-refractivity contribution in [2.75, 3.05) is 20.1 Å². The van der Waals surface area contributed by atoms with Gasteiger partial charge in [0.15, 0.2) is 0 Å². The molecule has 1 aliphatic rings. The predicted molar refractivity (Wildman–Crippen MR) is 98.7 cm³/mol. The van der Waals surface area contributed by atoms with Crippen LogP contribution in [-0.2, 0) is 6.54 Å². The summed E-state index contributed by atoms with van der Waals surface area (Å²) in [5.41, 5.74) is 3.17. The van der Waals surface area contributed by atoms with Gasteiger partial charge in [0, 0.05) is 31.1 Å². The zero-order chi connectivity index (χ0) is 14.1. The maximum absolute atomic E-state index is 6.52. The maximum Gasteiger partial charge on any atom is 0.0740 e. The molecule has 2 aromatic rings. The summed E-state index contributed by atoms with van der Waals surface area (Å²) >= 11 is 6.52. The largest absolute Gasteiger partial charge is 0.316 e. The lowest BCUT2D eigenvalue weighted by molar-refractivity contribution is 0.319. The molecule has 1 saturated heterocycles. The molecule has 0 aliphatic carbocycles. The quantitative estimate of drug-likeness (QED) is 0.899. The SMILES string of the molecule is CNC1CCN(Cc2nc3ccccc3c(C)c2Cl)C1.Cl.Cl. The van der Waals surface area contributed by atoms with Crippen LogP contribution in [0.3, 0.4) is 0 Å². The zero-order valence-corrected chi connectivity index (χ0v) is 15.2. The molecular weight excluding hydrogens is 341 g/mol. The topological polar surface area (TPSA) is 28.2 Å². The molecule has 0 radical (unpaired) electrons. The second kappa shape index (κ2) is 8.32. The third-order valence-electron chi connectivity index (χ3n) is 4.20. The number of benzene rings is 1.